The molecule has 0 aliphatic carbocycles. The number of thiazole rings is 1. The van der Waals surface area contributed by atoms with Crippen molar-refractivity contribution in [2.24, 2.45) is 0 Å². The Bertz CT molecular complexity index is 1040. The highest BCUT2D eigenvalue weighted by Crippen LogP contribution is 2.34. The number of nitrogens with zero attached hydrogens (tertiary/aromatic N) is 2. The Morgan fingerprint density at radius 2 is 1.84 bits per heavy atom. The minimum atomic E-state index is -0.0615. The molecule has 1 N–H and O–H groups in total. The summed E-state index contributed by atoms with van der Waals surface area (Å²) in [5.41, 5.74) is 3.65. The molecule has 1 aliphatic heterocycles. The zero-order chi connectivity index (χ0) is 21.6. The molecule has 0 radical (unpaired) electrons. The van der Waals surface area contributed by atoms with E-state index in [4.69, 9.17) is 9.47 Å². The number of benzene rings is 2. The summed E-state index contributed by atoms with van der Waals surface area (Å²) in [7, 11) is 3.22. The van der Waals surface area contributed by atoms with E-state index in [1.165, 1.54) is 30.6 Å². The topological polar surface area (TPSA) is 63.7 Å². The summed E-state index contributed by atoms with van der Waals surface area (Å²) in [5.74, 6) is 1.27. The first-order valence-electron chi connectivity index (χ1n) is 10.5. The molecule has 2 heterocycles. The molecule has 1 aromatic heterocycles. The van der Waals surface area contributed by atoms with Crippen LogP contribution >= 0.6 is 11.3 Å². The van der Waals surface area contributed by atoms with Crippen molar-refractivity contribution in [1.29, 1.82) is 0 Å². The second kappa shape index (κ2) is 9.83. The summed E-state index contributed by atoms with van der Waals surface area (Å²) in [4.78, 5) is 19.8. The number of piperidine rings is 1. The molecule has 3 aromatic rings. The Morgan fingerprint density at radius 1 is 1.06 bits per heavy atom. The van der Waals surface area contributed by atoms with Crippen LogP contribution in [0.5, 0.6) is 11.5 Å². The largest absolute Gasteiger partial charge is 0.493 e. The van der Waals surface area contributed by atoms with Gasteiger partial charge in [0, 0.05) is 24.0 Å². The van der Waals surface area contributed by atoms with Crippen molar-refractivity contribution in [3.8, 4) is 22.1 Å². The lowest BCUT2D eigenvalue weighted by Crippen LogP contribution is -2.30. The number of amides is 1. The number of nitrogens with one attached hydrogen (secondary N) is 1. The number of carbonyl (C=O) groups is 1. The van der Waals surface area contributed by atoms with E-state index >= 15 is 0 Å². The molecule has 162 valence electrons. The first kappa shape index (κ1) is 21.2. The molecule has 7 heteroatoms. The molecule has 1 amide bonds. The average molecular weight is 438 g/mol. The lowest BCUT2D eigenvalue weighted by Gasteiger charge is -2.30. The SMILES string of the molecule is COc1ccc(-c2nc(CC(=O)Nc3ccccc3N3CCCCC3)cs2)cc1OC. The molecule has 0 bridgehead atoms. The van der Waals surface area contributed by atoms with Crippen LogP contribution in [0, 0.1) is 0 Å². The van der Waals surface area contributed by atoms with Crippen molar-refractivity contribution in [2.75, 3.05) is 37.5 Å². The van der Waals surface area contributed by atoms with Gasteiger partial charge in [-0.15, -0.1) is 11.3 Å². The maximum Gasteiger partial charge on any atom is 0.230 e. The van der Waals surface area contributed by atoms with Gasteiger partial charge in [0.15, 0.2) is 11.5 Å². The molecule has 1 saturated heterocycles. The molecule has 0 saturated carbocycles. The molecular weight excluding hydrogens is 410 g/mol. The minimum Gasteiger partial charge on any atom is -0.493 e. The fraction of sp³-hybridized carbons (Fsp3) is 0.333. The number of methoxy groups -OCH3 is 2. The normalized spacial score (nSPS) is 13.7. The summed E-state index contributed by atoms with van der Waals surface area (Å²) >= 11 is 1.51. The van der Waals surface area contributed by atoms with Crippen molar-refractivity contribution in [1.82, 2.24) is 4.98 Å². The molecule has 0 spiro atoms. The highest BCUT2D eigenvalue weighted by molar-refractivity contribution is 7.13. The quantitative estimate of drug-likeness (QED) is 0.564. The number of anilines is 2. The molecule has 31 heavy (non-hydrogen) atoms. The van der Waals surface area contributed by atoms with Crippen LogP contribution in [0.2, 0.25) is 0 Å². The summed E-state index contributed by atoms with van der Waals surface area (Å²) in [6, 6.07) is 13.7. The maximum absolute atomic E-state index is 12.7. The fourth-order valence-corrected chi connectivity index (χ4v) is 4.66. The molecule has 0 unspecified atom stereocenters. The van der Waals surface area contributed by atoms with Crippen molar-refractivity contribution in [3.63, 3.8) is 0 Å². The lowest BCUT2D eigenvalue weighted by atomic mass is 10.1. The van der Waals surface area contributed by atoms with E-state index in [9.17, 15) is 4.79 Å². The average Bonchev–Trinajstić information content (AvgIpc) is 3.27. The Morgan fingerprint density at radius 3 is 2.61 bits per heavy atom. The molecule has 0 atom stereocenters. The number of ether oxygens (including phenoxy) is 2. The summed E-state index contributed by atoms with van der Waals surface area (Å²) < 4.78 is 10.7. The monoisotopic (exact) mass is 437 g/mol. The van der Waals surface area contributed by atoms with Crippen LogP contribution in [0.1, 0.15) is 25.0 Å². The molecule has 6 nitrogen and oxygen atoms in total. The van der Waals surface area contributed by atoms with Crippen LogP contribution in [0.4, 0.5) is 11.4 Å². The predicted octanol–water partition coefficient (Wildman–Crippen LogP) is 5.00. The van der Waals surface area contributed by atoms with E-state index < -0.39 is 0 Å². The van der Waals surface area contributed by atoms with E-state index in [1.54, 1.807) is 14.2 Å². The van der Waals surface area contributed by atoms with Gasteiger partial charge in [-0.2, -0.15) is 0 Å². The fourth-order valence-electron chi connectivity index (χ4n) is 3.84. The van der Waals surface area contributed by atoms with Gasteiger partial charge in [0.2, 0.25) is 5.91 Å². The minimum absolute atomic E-state index is 0.0615. The van der Waals surface area contributed by atoms with Gasteiger partial charge >= 0.3 is 0 Å². The van der Waals surface area contributed by atoms with Gasteiger partial charge in [-0.05, 0) is 49.6 Å². The third-order valence-electron chi connectivity index (χ3n) is 5.40. The van der Waals surface area contributed by atoms with E-state index in [0.29, 0.717) is 11.5 Å². The number of rotatable bonds is 7. The standard InChI is InChI=1S/C24H27N3O3S/c1-29-21-11-10-17(14-22(21)30-2)24-25-18(16-31-24)15-23(28)26-19-8-4-5-9-20(19)27-12-6-3-7-13-27/h4-5,8-11,14,16H,3,6-7,12-13,15H2,1-2H3,(H,26,28). The van der Waals surface area contributed by atoms with Crippen LogP contribution in [0.25, 0.3) is 10.6 Å². The second-order valence-electron chi connectivity index (χ2n) is 7.50. The molecule has 4 rings (SSSR count). The lowest BCUT2D eigenvalue weighted by molar-refractivity contribution is -0.115. The van der Waals surface area contributed by atoms with Crippen LogP contribution in [-0.4, -0.2) is 38.2 Å². The van der Waals surface area contributed by atoms with E-state index in [0.717, 1.165) is 40.7 Å². The highest BCUT2D eigenvalue weighted by atomic mass is 32.1. The Hall–Kier alpha value is -3.06. The van der Waals surface area contributed by atoms with Crippen molar-refractivity contribution < 1.29 is 14.3 Å². The number of aromatic nitrogens is 1. The second-order valence-corrected chi connectivity index (χ2v) is 8.36. The van der Waals surface area contributed by atoms with E-state index in [1.807, 2.05) is 41.8 Å². The van der Waals surface area contributed by atoms with Gasteiger partial charge in [-0.3, -0.25) is 4.79 Å². The van der Waals surface area contributed by atoms with Gasteiger partial charge in [0.1, 0.15) is 5.01 Å². The smallest absolute Gasteiger partial charge is 0.230 e. The van der Waals surface area contributed by atoms with Crippen LogP contribution in [0.3, 0.4) is 0 Å². The van der Waals surface area contributed by atoms with Gasteiger partial charge < -0.3 is 19.7 Å². The molecule has 1 aliphatic rings. The first-order chi connectivity index (χ1) is 15.2. The van der Waals surface area contributed by atoms with E-state index in [2.05, 4.69) is 21.3 Å². The Labute approximate surface area is 186 Å². The summed E-state index contributed by atoms with van der Waals surface area (Å²) in [6.45, 7) is 2.07. The Balaban J connectivity index is 1.44. The number of hydrogen-bond donors (Lipinski definition) is 1. The van der Waals surface area contributed by atoms with Gasteiger partial charge in [-0.1, -0.05) is 12.1 Å². The highest BCUT2D eigenvalue weighted by Gasteiger charge is 2.16. The number of hydrogen-bond acceptors (Lipinski definition) is 6. The molecule has 1 fully saturated rings. The Kier molecular flexibility index (Phi) is 6.72. The van der Waals surface area contributed by atoms with Crippen molar-refractivity contribution >= 4 is 28.6 Å². The third kappa shape index (κ3) is 4.99. The summed E-state index contributed by atoms with van der Waals surface area (Å²) in [6.07, 6.45) is 3.90. The number of carbonyl (C=O) groups excluding carboxylic acids is 1. The van der Waals surface area contributed by atoms with E-state index in [-0.39, 0.29) is 12.3 Å². The van der Waals surface area contributed by atoms with Gasteiger partial charge in [0.05, 0.1) is 37.7 Å². The zero-order valence-corrected chi connectivity index (χ0v) is 18.7. The molecular formula is C24H27N3O3S. The van der Waals surface area contributed by atoms with Gasteiger partial charge in [-0.25, -0.2) is 4.98 Å². The molecule has 2 aromatic carbocycles. The van der Waals surface area contributed by atoms with Crippen molar-refractivity contribution in [2.45, 2.75) is 25.7 Å². The van der Waals surface area contributed by atoms with Gasteiger partial charge in [0.25, 0.3) is 0 Å². The summed E-state index contributed by atoms with van der Waals surface area (Å²) in [5, 5.41) is 5.86. The first-order valence-corrected chi connectivity index (χ1v) is 11.4. The zero-order valence-electron chi connectivity index (χ0n) is 17.9. The number of para-hydroxylation sites is 2. The predicted molar refractivity (Wildman–Crippen MR) is 125 cm³/mol. The van der Waals surface area contributed by atoms with Crippen LogP contribution < -0.4 is 19.7 Å². The van der Waals surface area contributed by atoms with Crippen LogP contribution in [-0.2, 0) is 11.2 Å². The van der Waals surface area contributed by atoms with Crippen LogP contribution in [0.15, 0.2) is 47.8 Å². The maximum atomic E-state index is 12.7. The third-order valence-corrected chi connectivity index (χ3v) is 6.34. The van der Waals surface area contributed by atoms with Crippen molar-refractivity contribution in [3.05, 3.63) is 53.5 Å².